The number of aromatic nitrogens is 1. The average Bonchev–Trinajstić information content (AvgIpc) is 3.51. The molecule has 0 radical (unpaired) electrons. The molecule has 1 aromatic heterocycles. The Kier molecular flexibility index (Phi) is 4.78. The van der Waals surface area contributed by atoms with Gasteiger partial charge in [0.05, 0.1) is 11.0 Å². The monoisotopic (exact) mass is 523 g/mol. The van der Waals surface area contributed by atoms with Gasteiger partial charge in [0, 0.05) is 27.8 Å². The predicted octanol–water partition coefficient (Wildman–Crippen LogP) is 9.83. The number of benzene rings is 6. The molecule has 0 fully saturated rings. The molecule has 1 nitrogen and oxygen atoms in total. The first-order chi connectivity index (χ1) is 20.3. The highest BCUT2D eigenvalue weighted by Crippen LogP contribution is 2.58. The lowest BCUT2D eigenvalue weighted by atomic mass is 9.61. The summed E-state index contributed by atoms with van der Waals surface area (Å²) in [5.41, 5.74) is 13.8. The predicted molar refractivity (Wildman–Crippen MR) is 170 cm³/mol. The Morgan fingerprint density at radius 3 is 1.71 bits per heavy atom. The van der Waals surface area contributed by atoms with E-state index in [2.05, 4.69) is 150 Å². The van der Waals surface area contributed by atoms with Crippen molar-refractivity contribution in [2.45, 2.75) is 24.2 Å². The van der Waals surface area contributed by atoms with Crippen molar-refractivity contribution < 1.29 is 0 Å². The normalized spacial score (nSPS) is 16.5. The molecule has 1 spiro atoms. The third-order valence-electron chi connectivity index (χ3n) is 9.78. The average molecular weight is 524 g/mol. The smallest absolute Gasteiger partial charge is 0.0541 e. The van der Waals surface area contributed by atoms with Crippen molar-refractivity contribution in [1.82, 2.24) is 4.57 Å². The highest BCUT2D eigenvalue weighted by Gasteiger charge is 2.47. The van der Waals surface area contributed by atoms with Crippen molar-refractivity contribution in [1.29, 1.82) is 0 Å². The van der Waals surface area contributed by atoms with Crippen LogP contribution in [0.25, 0.3) is 38.6 Å². The fraction of sp³-hybridized carbons (Fsp3) is 0.100. The van der Waals surface area contributed by atoms with Gasteiger partial charge in [0.1, 0.15) is 0 Å². The maximum atomic E-state index is 2.41. The summed E-state index contributed by atoms with van der Waals surface area (Å²) in [6.45, 7) is 0. The molecule has 2 aliphatic carbocycles. The van der Waals surface area contributed by atoms with E-state index in [4.69, 9.17) is 0 Å². The lowest BCUT2D eigenvalue weighted by molar-refractivity contribution is 0.423. The summed E-state index contributed by atoms with van der Waals surface area (Å²) in [6, 6.07) is 54.3. The molecule has 1 heterocycles. The Bertz CT molecular complexity index is 2010. The van der Waals surface area contributed by atoms with Crippen LogP contribution in [0.15, 0.2) is 146 Å². The summed E-state index contributed by atoms with van der Waals surface area (Å²) in [7, 11) is 0. The summed E-state index contributed by atoms with van der Waals surface area (Å²) in [5.74, 6) is 0.325. The Morgan fingerprint density at radius 2 is 1.05 bits per heavy atom. The Morgan fingerprint density at radius 1 is 0.512 bits per heavy atom. The van der Waals surface area contributed by atoms with Crippen LogP contribution in [0.3, 0.4) is 0 Å². The topological polar surface area (TPSA) is 4.93 Å². The van der Waals surface area contributed by atoms with Crippen LogP contribution in [0.4, 0.5) is 0 Å². The van der Waals surface area contributed by atoms with Gasteiger partial charge in [0.25, 0.3) is 0 Å². The molecule has 0 aliphatic heterocycles. The standard InChI is InChI=1S/C40H29N/c1-2-12-30-28(11-1)25-40(36-17-7-3-13-31(36)32-14-4-8-18-37(32)40)26-35(30)27-21-23-29(24-22-27)41-38-19-9-5-15-33(38)34-16-6-10-20-39(34)41/h1-24,35H,25-26H2. The van der Waals surface area contributed by atoms with Crippen molar-refractivity contribution in [2.24, 2.45) is 0 Å². The second kappa shape index (κ2) is 8.56. The first kappa shape index (κ1) is 22.9. The number of hydrogen-bond donors (Lipinski definition) is 0. The molecule has 1 atom stereocenters. The van der Waals surface area contributed by atoms with Crippen LogP contribution in [-0.4, -0.2) is 4.57 Å². The SMILES string of the molecule is c1ccc2c(c1)CC1(CC2c2ccc(-n3c4ccccc4c4ccccc43)cc2)c2ccccc2-c2ccccc21. The van der Waals surface area contributed by atoms with E-state index >= 15 is 0 Å². The van der Waals surface area contributed by atoms with Crippen LogP contribution >= 0.6 is 0 Å². The molecule has 0 saturated heterocycles. The van der Waals surface area contributed by atoms with Gasteiger partial charge in [-0.25, -0.2) is 0 Å². The Hall–Kier alpha value is -4.88. The van der Waals surface area contributed by atoms with Gasteiger partial charge in [-0.3, -0.25) is 0 Å². The zero-order valence-electron chi connectivity index (χ0n) is 22.8. The Labute approximate surface area is 240 Å². The van der Waals surface area contributed by atoms with E-state index in [1.165, 1.54) is 66.4 Å². The van der Waals surface area contributed by atoms with E-state index in [1.807, 2.05) is 0 Å². The third-order valence-corrected chi connectivity index (χ3v) is 9.78. The summed E-state index contributed by atoms with van der Waals surface area (Å²) < 4.78 is 2.41. The number of rotatable bonds is 2. The molecular formula is C40H29N. The minimum Gasteiger partial charge on any atom is -0.309 e. The van der Waals surface area contributed by atoms with E-state index < -0.39 is 0 Å². The van der Waals surface area contributed by atoms with E-state index in [0.717, 1.165) is 12.8 Å². The first-order valence-corrected chi connectivity index (χ1v) is 14.7. The van der Waals surface area contributed by atoms with Gasteiger partial charge in [-0.2, -0.15) is 0 Å². The fourth-order valence-corrected chi connectivity index (χ4v) is 8.07. The summed E-state index contributed by atoms with van der Waals surface area (Å²) in [5, 5.41) is 2.60. The van der Waals surface area contributed by atoms with Crippen LogP contribution < -0.4 is 0 Å². The molecule has 194 valence electrons. The van der Waals surface area contributed by atoms with Crippen molar-refractivity contribution in [3.63, 3.8) is 0 Å². The van der Waals surface area contributed by atoms with Gasteiger partial charge in [-0.15, -0.1) is 0 Å². The van der Waals surface area contributed by atoms with Gasteiger partial charge in [0.2, 0.25) is 0 Å². The summed E-state index contributed by atoms with van der Waals surface area (Å²) in [4.78, 5) is 0. The van der Waals surface area contributed by atoms with Crippen LogP contribution in [0.5, 0.6) is 0 Å². The molecule has 6 aromatic carbocycles. The molecule has 41 heavy (non-hydrogen) atoms. The van der Waals surface area contributed by atoms with Crippen LogP contribution in [-0.2, 0) is 11.8 Å². The minimum absolute atomic E-state index is 0.0162. The van der Waals surface area contributed by atoms with Gasteiger partial charge in [-0.1, -0.05) is 121 Å². The third kappa shape index (κ3) is 3.18. The molecule has 2 aliphatic rings. The second-order valence-electron chi connectivity index (χ2n) is 11.8. The van der Waals surface area contributed by atoms with Crippen LogP contribution in [0, 0.1) is 0 Å². The van der Waals surface area contributed by atoms with E-state index in [-0.39, 0.29) is 5.41 Å². The highest BCUT2D eigenvalue weighted by atomic mass is 15.0. The van der Waals surface area contributed by atoms with Crippen molar-refractivity contribution in [3.05, 3.63) is 173 Å². The molecular weight excluding hydrogens is 494 g/mol. The lowest BCUT2D eigenvalue weighted by Crippen LogP contribution is -2.35. The van der Waals surface area contributed by atoms with Gasteiger partial charge in [0.15, 0.2) is 0 Å². The number of fused-ring (bicyclic) bond motifs is 9. The largest absolute Gasteiger partial charge is 0.309 e. The zero-order valence-corrected chi connectivity index (χ0v) is 22.8. The van der Waals surface area contributed by atoms with E-state index in [0.29, 0.717) is 5.92 Å². The van der Waals surface area contributed by atoms with Crippen LogP contribution in [0.1, 0.15) is 40.2 Å². The molecule has 0 N–H and O–H groups in total. The van der Waals surface area contributed by atoms with Gasteiger partial charge in [-0.05, 0) is 76.1 Å². The quantitative estimate of drug-likeness (QED) is 0.212. The highest BCUT2D eigenvalue weighted by molar-refractivity contribution is 6.09. The Balaban J connectivity index is 1.20. The lowest BCUT2D eigenvalue weighted by Gasteiger charge is -2.41. The summed E-state index contributed by atoms with van der Waals surface area (Å²) in [6.07, 6.45) is 2.12. The number of hydrogen-bond acceptors (Lipinski definition) is 0. The van der Waals surface area contributed by atoms with Gasteiger partial charge >= 0.3 is 0 Å². The van der Waals surface area contributed by atoms with Crippen molar-refractivity contribution in [3.8, 4) is 16.8 Å². The van der Waals surface area contributed by atoms with Gasteiger partial charge < -0.3 is 4.57 Å². The maximum Gasteiger partial charge on any atom is 0.0541 e. The van der Waals surface area contributed by atoms with E-state index in [9.17, 15) is 0 Å². The minimum atomic E-state index is -0.0162. The molecule has 1 heteroatoms. The molecule has 0 bridgehead atoms. The first-order valence-electron chi connectivity index (χ1n) is 14.7. The molecule has 0 amide bonds. The fourth-order valence-electron chi connectivity index (χ4n) is 8.07. The van der Waals surface area contributed by atoms with Crippen molar-refractivity contribution in [2.75, 3.05) is 0 Å². The molecule has 1 unspecified atom stereocenters. The number of nitrogens with zero attached hydrogens (tertiary/aromatic N) is 1. The van der Waals surface area contributed by atoms with Crippen LogP contribution in [0.2, 0.25) is 0 Å². The maximum absolute atomic E-state index is 2.41. The zero-order chi connectivity index (χ0) is 27.0. The molecule has 7 aromatic rings. The van der Waals surface area contributed by atoms with Crippen molar-refractivity contribution >= 4 is 21.8 Å². The second-order valence-corrected chi connectivity index (χ2v) is 11.8. The molecule has 0 saturated carbocycles. The molecule has 9 rings (SSSR count). The summed E-state index contributed by atoms with van der Waals surface area (Å²) >= 11 is 0. The van der Waals surface area contributed by atoms with E-state index in [1.54, 1.807) is 0 Å². The number of para-hydroxylation sites is 2.